The molecule has 2 rings (SSSR count). The van der Waals surface area contributed by atoms with Crippen molar-refractivity contribution in [1.82, 2.24) is 5.32 Å². The number of hydrogen-bond donors (Lipinski definition) is 1. The Morgan fingerprint density at radius 3 is 2.89 bits per heavy atom. The Bertz CT molecular complexity index is 504. The van der Waals surface area contributed by atoms with E-state index < -0.39 is 0 Å². The Hall–Kier alpha value is -1.32. The Kier molecular flexibility index (Phi) is 4.39. The standard InChI is InChI=1S/C15H21NO2/c1-11-6-4-7-12-10-14(18-15(11)12)13(16-2)8-5-9-17-3/h4,6-7,10,13,16H,5,8-9H2,1-3H3. The van der Waals surface area contributed by atoms with Crippen LogP contribution in [0.3, 0.4) is 0 Å². The van der Waals surface area contributed by atoms with Gasteiger partial charge in [0.1, 0.15) is 11.3 Å². The summed E-state index contributed by atoms with van der Waals surface area (Å²) in [5.41, 5.74) is 2.19. The normalized spacial score (nSPS) is 13.1. The third kappa shape index (κ3) is 2.74. The minimum atomic E-state index is 0.256. The number of nitrogens with one attached hydrogen (secondary N) is 1. The molecule has 0 saturated heterocycles. The smallest absolute Gasteiger partial charge is 0.137 e. The molecule has 1 aromatic carbocycles. The molecule has 2 aromatic rings. The van der Waals surface area contributed by atoms with Crippen molar-refractivity contribution < 1.29 is 9.15 Å². The molecule has 98 valence electrons. The summed E-state index contributed by atoms with van der Waals surface area (Å²) in [6.07, 6.45) is 2.04. The van der Waals surface area contributed by atoms with E-state index in [0.29, 0.717) is 0 Å². The van der Waals surface area contributed by atoms with Crippen LogP contribution in [-0.2, 0) is 4.74 Å². The molecule has 1 atom stereocenters. The summed E-state index contributed by atoms with van der Waals surface area (Å²) >= 11 is 0. The number of fused-ring (bicyclic) bond motifs is 1. The van der Waals surface area contributed by atoms with Gasteiger partial charge in [0.15, 0.2) is 0 Å². The number of para-hydroxylation sites is 1. The van der Waals surface area contributed by atoms with Crippen LogP contribution in [0.1, 0.15) is 30.2 Å². The zero-order valence-corrected chi connectivity index (χ0v) is 11.3. The number of hydrogen-bond acceptors (Lipinski definition) is 3. The molecule has 0 saturated carbocycles. The van der Waals surface area contributed by atoms with Crippen molar-refractivity contribution in [3.8, 4) is 0 Å². The largest absolute Gasteiger partial charge is 0.459 e. The Morgan fingerprint density at radius 2 is 2.22 bits per heavy atom. The van der Waals surface area contributed by atoms with Gasteiger partial charge in [-0.3, -0.25) is 0 Å². The number of ether oxygens (including phenoxy) is 1. The van der Waals surface area contributed by atoms with Gasteiger partial charge >= 0.3 is 0 Å². The van der Waals surface area contributed by atoms with Gasteiger partial charge in [-0.05, 0) is 38.4 Å². The number of aryl methyl sites for hydroxylation is 1. The molecule has 3 heteroatoms. The van der Waals surface area contributed by atoms with Crippen LogP contribution in [0, 0.1) is 6.92 Å². The lowest BCUT2D eigenvalue weighted by Gasteiger charge is -2.12. The van der Waals surface area contributed by atoms with Crippen molar-refractivity contribution >= 4 is 11.0 Å². The average molecular weight is 247 g/mol. The van der Waals surface area contributed by atoms with Gasteiger partial charge in [0.25, 0.3) is 0 Å². The maximum atomic E-state index is 5.98. The summed E-state index contributed by atoms with van der Waals surface area (Å²) in [6.45, 7) is 2.87. The van der Waals surface area contributed by atoms with Crippen LogP contribution in [0.5, 0.6) is 0 Å². The predicted molar refractivity (Wildman–Crippen MR) is 73.9 cm³/mol. The molecule has 1 N–H and O–H groups in total. The third-order valence-corrected chi connectivity index (χ3v) is 3.29. The zero-order valence-electron chi connectivity index (χ0n) is 11.3. The van der Waals surface area contributed by atoms with E-state index in [-0.39, 0.29) is 6.04 Å². The fourth-order valence-corrected chi connectivity index (χ4v) is 2.26. The Balaban J connectivity index is 2.20. The molecular weight excluding hydrogens is 226 g/mol. The molecule has 0 spiro atoms. The van der Waals surface area contributed by atoms with Gasteiger partial charge in [-0.1, -0.05) is 18.2 Å². The maximum Gasteiger partial charge on any atom is 0.137 e. The summed E-state index contributed by atoms with van der Waals surface area (Å²) in [4.78, 5) is 0. The topological polar surface area (TPSA) is 34.4 Å². The van der Waals surface area contributed by atoms with Crippen molar-refractivity contribution in [3.05, 3.63) is 35.6 Å². The lowest BCUT2D eigenvalue weighted by molar-refractivity contribution is 0.188. The summed E-state index contributed by atoms with van der Waals surface area (Å²) < 4.78 is 11.1. The second-order valence-electron chi connectivity index (χ2n) is 4.62. The van der Waals surface area contributed by atoms with Crippen molar-refractivity contribution in [2.75, 3.05) is 20.8 Å². The first-order valence-corrected chi connectivity index (χ1v) is 6.41. The lowest BCUT2D eigenvalue weighted by Crippen LogP contribution is -2.16. The van der Waals surface area contributed by atoms with E-state index >= 15 is 0 Å². The molecule has 1 unspecified atom stereocenters. The fraction of sp³-hybridized carbons (Fsp3) is 0.467. The van der Waals surface area contributed by atoms with E-state index in [1.54, 1.807) is 7.11 Å². The van der Waals surface area contributed by atoms with E-state index in [1.807, 2.05) is 7.05 Å². The zero-order chi connectivity index (χ0) is 13.0. The van der Waals surface area contributed by atoms with Crippen LogP contribution in [0.25, 0.3) is 11.0 Å². The van der Waals surface area contributed by atoms with Gasteiger partial charge in [-0.25, -0.2) is 0 Å². The minimum absolute atomic E-state index is 0.256. The predicted octanol–water partition coefficient (Wildman–Crippen LogP) is 3.43. The molecule has 0 fully saturated rings. The molecule has 0 aliphatic rings. The molecule has 0 radical (unpaired) electrons. The highest BCUT2D eigenvalue weighted by atomic mass is 16.5. The summed E-state index contributed by atoms with van der Waals surface area (Å²) in [5, 5.41) is 4.49. The molecule has 3 nitrogen and oxygen atoms in total. The van der Waals surface area contributed by atoms with Gasteiger partial charge < -0.3 is 14.5 Å². The highest BCUT2D eigenvalue weighted by molar-refractivity contribution is 5.80. The van der Waals surface area contributed by atoms with E-state index in [1.165, 1.54) is 10.9 Å². The van der Waals surface area contributed by atoms with Crippen molar-refractivity contribution in [2.45, 2.75) is 25.8 Å². The van der Waals surface area contributed by atoms with Gasteiger partial charge in [0.2, 0.25) is 0 Å². The number of methoxy groups -OCH3 is 1. The first-order valence-electron chi connectivity index (χ1n) is 6.41. The van der Waals surface area contributed by atoms with Gasteiger partial charge in [-0.2, -0.15) is 0 Å². The van der Waals surface area contributed by atoms with Crippen LogP contribution >= 0.6 is 0 Å². The first-order chi connectivity index (χ1) is 8.76. The highest BCUT2D eigenvalue weighted by Crippen LogP contribution is 2.28. The number of rotatable bonds is 6. The van der Waals surface area contributed by atoms with E-state index in [9.17, 15) is 0 Å². The fourth-order valence-electron chi connectivity index (χ4n) is 2.26. The SMILES string of the molecule is CNC(CCCOC)c1cc2cccc(C)c2o1. The average Bonchev–Trinajstić information content (AvgIpc) is 2.80. The third-order valence-electron chi connectivity index (χ3n) is 3.29. The Morgan fingerprint density at radius 1 is 1.39 bits per heavy atom. The van der Waals surface area contributed by atoms with Crippen LogP contribution in [0.4, 0.5) is 0 Å². The summed E-state index contributed by atoms with van der Waals surface area (Å²) in [6, 6.07) is 8.63. The van der Waals surface area contributed by atoms with Crippen LogP contribution < -0.4 is 5.32 Å². The first kappa shape index (κ1) is 13.1. The molecule has 0 aliphatic carbocycles. The van der Waals surface area contributed by atoms with Crippen molar-refractivity contribution in [2.24, 2.45) is 0 Å². The van der Waals surface area contributed by atoms with Crippen LogP contribution in [-0.4, -0.2) is 20.8 Å². The second kappa shape index (κ2) is 6.03. The molecule has 1 aromatic heterocycles. The molecule has 0 bridgehead atoms. The van der Waals surface area contributed by atoms with Crippen LogP contribution in [0.15, 0.2) is 28.7 Å². The summed E-state index contributed by atoms with van der Waals surface area (Å²) in [7, 11) is 3.70. The highest BCUT2D eigenvalue weighted by Gasteiger charge is 2.14. The molecular formula is C15H21NO2. The second-order valence-corrected chi connectivity index (χ2v) is 4.62. The molecule has 1 heterocycles. The van der Waals surface area contributed by atoms with E-state index in [0.717, 1.165) is 30.8 Å². The van der Waals surface area contributed by atoms with Crippen LogP contribution in [0.2, 0.25) is 0 Å². The molecule has 0 amide bonds. The van der Waals surface area contributed by atoms with Gasteiger partial charge in [-0.15, -0.1) is 0 Å². The van der Waals surface area contributed by atoms with Gasteiger partial charge in [0, 0.05) is 19.1 Å². The van der Waals surface area contributed by atoms with Crippen molar-refractivity contribution in [1.29, 1.82) is 0 Å². The van der Waals surface area contributed by atoms with E-state index in [2.05, 4.69) is 36.5 Å². The molecule has 18 heavy (non-hydrogen) atoms. The maximum absolute atomic E-state index is 5.98. The van der Waals surface area contributed by atoms with Crippen molar-refractivity contribution in [3.63, 3.8) is 0 Å². The quantitative estimate of drug-likeness (QED) is 0.794. The minimum Gasteiger partial charge on any atom is -0.459 e. The lowest BCUT2D eigenvalue weighted by atomic mass is 10.1. The monoisotopic (exact) mass is 247 g/mol. The Labute approximate surface area is 108 Å². The summed E-state index contributed by atoms with van der Waals surface area (Å²) in [5.74, 6) is 1.01. The van der Waals surface area contributed by atoms with E-state index in [4.69, 9.17) is 9.15 Å². The number of furan rings is 1. The molecule has 0 aliphatic heterocycles. The number of benzene rings is 1. The van der Waals surface area contributed by atoms with Gasteiger partial charge in [0.05, 0.1) is 6.04 Å².